The molecule has 0 radical (unpaired) electrons. The van der Waals surface area contributed by atoms with E-state index in [9.17, 15) is 10.1 Å². The van der Waals surface area contributed by atoms with Gasteiger partial charge in [0.2, 0.25) is 0 Å². The minimum atomic E-state index is -0.439. The van der Waals surface area contributed by atoms with Crippen LogP contribution in [0.3, 0.4) is 0 Å². The lowest BCUT2D eigenvalue weighted by atomic mass is 10.3. The van der Waals surface area contributed by atoms with E-state index in [1.807, 2.05) is 6.07 Å². The highest BCUT2D eigenvalue weighted by Crippen LogP contribution is 2.21. The summed E-state index contributed by atoms with van der Waals surface area (Å²) in [7, 11) is 0. The molecule has 0 saturated carbocycles. The van der Waals surface area contributed by atoms with Crippen LogP contribution >= 0.6 is 11.8 Å². The lowest BCUT2D eigenvalue weighted by molar-refractivity contribution is -0.384. The van der Waals surface area contributed by atoms with Crippen molar-refractivity contribution in [3.05, 3.63) is 34.4 Å². The molecule has 16 heavy (non-hydrogen) atoms. The van der Waals surface area contributed by atoms with Crippen LogP contribution in [0.2, 0.25) is 0 Å². The van der Waals surface area contributed by atoms with Crippen LogP contribution in [0.5, 0.6) is 0 Å². The molecule has 1 atom stereocenters. The number of hydrogen-bond acceptors (Lipinski definition) is 5. The lowest BCUT2D eigenvalue weighted by Gasteiger charge is -2.02. The Morgan fingerprint density at radius 1 is 1.50 bits per heavy atom. The molecule has 1 aromatic rings. The van der Waals surface area contributed by atoms with Crippen molar-refractivity contribution in [2.75, 3.05) is 5.75 Å². The quantitative estimate of drug-likeness (QED) is 0.479. The maximum atomic E-state index is 10.4. The van der Waals surface area contributed by atoms with Crippen LogP contribution in [0, 0.1) is 21.4 Å². The summed E-state index contributed by atoms with van der Waals surface area (Å²) in [5.74, 6) is 0.729. The summed E-state index contributed by atoms with van der Waals surface area (Å²) >= 11 is 1.53. The minimum Gasteiger partial charge on any atom is -0.316 e. The summed E-state index contributed by atoms with van der Waals surface area (Å²) in [5.41, 5.74) is 5.52. The van der Waals surface area contributed by atoms with Gasteiger partial charge in [0, 0.05) is 22.8 Å². The number of nitrogens with two attached hydrogens (primary N) is 1. The Balaban J connectivity index is 2.44. The Hall–Kier alpha value is -1.58. The molecular weight excluding hydrogens is 226 g/mol. The summed E-state index contributed by atoms with van der Waals surface area (Å²) < 4.78 is 0. The molecular formula is C10H11N3O2S. The minimum absolute atomic E-state index is 0.0816. The predicted octanol–water partition coefficient (Wildman–Crippen LogP) is 1.93. The maximum Gasteiger partial charge on any atom is 0.269 e. The van der Waals surface area contributed by atoms with E-state index in [4.69, 9.17) is 11.0 Å². The van der Waals surface area contributed by atoms with Crippen LogP contribution in [0.25, 0.3) is 0 Å². The van der Waals surface area contributed by atoms with Gasteiger partial charge in [-0.3, -0.25) is 10.1 Å². The smallest absolute Gasteiger partial charge is 0.269 e. The van der Waals surface area contributed by atoms with Gasteiger partial charge in [0.15, 0.2) is 0 Å². The van der Waals surface area contributed by atoms with E-state index in [1.165, 1.54) is 23.9 Å². The zero-order valence-electron chi connectivity index (χ0n) is 8.50. The van der Waals surface area contributed by atoms with Crippen molar-refractivity contribution >= 4 is 17.4 Å². The molecule has 0 heterocycles. The number of nitrogens with zero attached hydrogens (tertiary/aromatic N) is 2. The van der Waals surface area contributed by atoms with E-state index in [0.717, 1.165) is 10.6 Å². The Morgan fingerprint density at radius 2 is 2.12 bits per heavy atom. The molecule has 0 fully saturated rings. The van der Waals surface area contributed by atoms with Crippen LogP contribution in [0.15, 0.2) is 29.2 Å². The summed E-state index contributed by atoms with van der Waals surface area (Å²) in [4.78, 5) is 10.9. The third-order valence-corrected chi connectivity index (χ3v) is 2.96. The van der Waals surface area contributed by atoms with Gasteiger partial charge in [0.1, 0.15) is 0 Å². The number of nitriles is 1. The summed E-state index contributed by atoms with van der Waals surface area (Å²) in [5, 5.41) is 18.9. The summed E-state index contributed by atoms with van der Waals surface area (Å²) in [6.07, 6.45) is 0.609. The normalized spacial score (nSPS) is 11.8. The van der Waals surface area contributed by atoms with Crippen LogP contribution in [0.4, 0.5) is 5.69 Å². The highest BCUT2D eigenvalue weighted by atomic mass is 32.2. The van der Waals surface area contributed by atoms with Gasteiger partial charge >= 0.3 is 0 Å². The first kappa shape index (κ1) is 12.5. The molecule has 5 nitrogen and oxygen atoms in total. The van der Waals surface area contributed by atoms with Gasteiger partial charge in [0.05, 0.1) is 17.0 Å². The first-order chi connectivity index (χ1) is 7.63. The average Bonchev–Trinajstić information content (AvgIpc) is 2.29. The third kappa shape index (κ3) is 3.88. The van der Waals surface area contributed by atoms with Crippen LogP contribution in [-0.4, -0.2) is 16.7 Å². The van der Waals surface area contributed by atoms with Crippen LogP contribution < -0.4 is 5.73 Å². The number of benzene rings is 1. The number of thioether (sulfide) groups is 1. The largest absolute Gasteiger partial charge is 0.316 e. The summed E-state index contributed by atoms with van der Waals surface area (Å²) in [6.45, 7) is 0. The molecule has 6 heteroatoms. The van der Waals surface area contributed by atoms with E-state index in [-0.39, 0.29) is 5.69 Å². The fourth-order valence-electron chi connectivity index (χ4n) is 1.03. The van der Waals surface area contributed by atoms with Gasteiger partial charge in [-0.2, -0.15) is 5.26 Å². The van der Waals surface area contributed by atoms with Gasteiger partial charge in [-0.05, 0) is 18.6 Å². The molecule has 2 N–H and O–H groups in total. The Kier molecular flexibility index (Phi) is 4.76. The molecule has 0 aliphatic heterocycles. The van der Waals surface area contributed by atoms with Gasteiger partial charge < -0.3 is 5.73 Å². The van der Waals surface area contributed by atoms with Gasteiger partial charge in [-0.15, -0.1) is 11.8 Å². The van der Waals surface area contributed by atoms with E-state index >= 15 is 0 Å². The number of non-ortho nitro benzene ring substituents is 1. The second-order valence-electron chi connectivity index (χ2n) is 3.12. The van der Waals surface area contributed by atoms with Gasteiger partial charge in [0.25, 0.3) is 5.69 Å². The standard InChI is InChI=1S/C10H11N3O2S/c11-7-8(12)5-6-16-10-3-1-9(2-4-10)13(14)15/h1-4,8H,5-6,12H2. The second-order valence-corrected chi connectivity index (χ2v) is 4.29. The molecule has 0 bridgehead atoms. The first-order valence-electron chi connectivity index (χ1n) is 4.66. The number of nitro groups is 1. The van der Waals surface area contributed by atoms with Crippen molar-refractivity contribution in [2.24, 2.45) is 5.73 Å². The molecule has 0 saturated heterocycles. The SMILES string of the molecule is N#CC(N)CCSc1ccc([N+](=O)[O-])cc1. The molecule has 0 aromatic heterocycles. The highest BCUT2D eigenvalue weighted by molar-refractivity contribution is 7.99. The van der Waals surface area contributed by atoms with Crippen molar-refractivity contribution in [2.45, 2.75) is 17.4 Å². The van der Waals surface area contributed by atoms with E-state index in [1.54, 1.807) is 12.1 Å². The predicted molar refractivity (Wildman–Crippen MR) is 62.0 cm³/mol. The van der Waals surface area contributed by atoms with Crippen molar-refractivity contribution < 1.29 is 4.92 Å². The third-order valence-electron chi connectivity index (χ3n) is 1.91. The first-order valence-corrected chi connectivity index (χ1v) is 5.64. The van der Waals surface area contributed by atoms with Crippen molar-refractivity contribution in [1.29, 1.82) is 5.26 Å². The Labute approximate surface area is 97.4 Å². The number of nitro benzene ring substituents is 1. The Morgan fingerprint density at radius 3 is 2.62 bits per heavy atom. The highest BCUT2D eigenvalue weighted by Gasteiger charge is 2.05. The van der Waals surface area contributed by atoms with Crippen molar-refractivity contribution in [3.63, 3.8) is 0 Å². The van der Waals surface area contributed by atoms with Crippen molar-refractivity contribution in [1.82, 2.24) is 0 Å². The molecule has 0 aliphatic carbocycles. The lowest BCUT2D eigenvalue weighted by Crippen LogP contribution is -2.17. The second kappa shape index (κ2) is 6.10. The summed E-state index contributed by atoms with van der Waals surface area (Å²) in [6, 6.07) is 7.83. The number of hydrogen-bond donors (Lipinski definition) is 1. The molecule has 0 amide bonds. The molecule has 0 spiro atoms. The maximum absolute atomic E-state index is 10.4. The Bertz CT molecular complexity index is 400. The molecule has 0 aliphatic rings. The number of rotatable bonds is 5. The monoisotopic (exact) mass is 237 g/mol. The fourth-order valence-corrected chi connectivity index (χ4v) is 1.97. The zero-order chi connectivity index (χ0) is 12.0. The fraction of sp³-hybridized carbons (Fsp3) is 0.300. The molecule has 1 rings (SSSR count). The van der Waals surface area contributed by atoms with E-state index < -0.39 is 11.0 Å². The van der Waals surface area contributed by atoms with Gasteiger partial charge in [-0.1, -0.05) is 0 Å². The average molecular weight is 237 g/mol. The zero-order valence-corrected chi connectivity index (χ0v) is 9.31. The van der Waals surface area contributed by atoms with E-state index in [0.29, 0.717) is 6.42 Å². The van der Waals surface area contributed by atoms with Crippen LogP contribution in [0.1, 0.15) is 6.42 Å². The molecule has 1 aromatic carbocycles. The molecule has 1 unspecified atom stereocenters. The molecule has 84 valence electrons. The van der Waals surface area contributed by atoms with Crippen molar-refractivity contribution in [3.8, 4) is 6.07 Å². The van der Waals surface area contributed by atoms with Crippen LogP contribution in [-0.2, 0) is 0 Å². The van der Waals surface area contributed by atoms with E-state index in [2.05, 4.69) is 0 Å². The van der Waals surface area contributed by atoms with Gasteiger partial charge in [-0.25, -0.2) is 0 Å². The topological polar surface area (TPSA) is 93.0 Å².